The maximum Gasteiger partial charge on any atom is 0.189 e. The van der Waals surface area contributed by atoms with Crippen LogP contribution in [-0.4, -0.2) is 67.4 Å². The zero-order valence-electron chi connectivity index (χ0n) is 21.2. The van der Waals surface area contributed by atoms with Gasteiger partial charge in [-0.15, -0.1) is 21.5 Å². The number of ether oxygens (including phenoxy) is 3. The molecule has 0 aliphatic heterocycles. The standard InChI is InChI=1S/C26H33N5O3S/c1-26(2,3)23-20(17-18-11-12-22(35-18)30(4)13-14-34-16-15-32-5)25-28-27-24(31(25)29-23)19-9-7-8-10-21(19)33-6/h7-12,17H,13-16H2,1-6H3/b20-17-. The smallest absolute Gasteiger partial charge is 0.189 e. The Kier molecular flexibility index (Phi) is 7.69. The molecule has 0 fully saturated rings. The zero-order valence-corrected chi connectivity index (χ0v) is 22.1. The molecule has 8 nitrogen and oxygen atoms in total. The molecule has 0 aliphatic carbocycles. The van der Waals surface area contributed by atoms with Crippen LogP contribution in [0.2, 0.25) is 0 Å². The molecular formula is C26H33N5O3S. The maximum atomic E-state index is 5.61. The minimum absolute atomic E-state index is 0.166. The predicted octanol–water partition coefficient (Wildman–Crippen LogP) is 3.81. The van der Waals surface area contributed by atoms with Gasteiger partial charge in [0.15, 0.2) is 11.5 Å². The van der Waals surface area contributed by atoms with E-state index in [1.54, 1.807) is 25.6 Å². The van der Waals surface area contributed by atoms with Gasteiger partial charge in [0, 0.05) is 36.2 Å². The molecule has 3 heterocycles. The lowest BCUT2D eigenvalue weighted by Crippen LogP contribution is -2.22. The SMILES string of the molecule is COCCOCCN(C)c1ccc(/C=c2/c(C(C)(C)C)nn3c(-c4ccccc4OC)nnc23)s1. The quantitative estimate of drug-likeness (QED) is 0.310. The number of fused-ring (bicyclic) bond motifs is 1. The first-order valence-corrected chi connectivity index (χ1v) is 12.4. The third-order valence-electron chi connectivity index (χ3n) is 5.67. The summed E-state index contributed by atoms with van der Waals surface area (Å²) < 4.78 is 18.0. The fourth-order valence-corrected chi connectivity index (χ4v) is 4.75. The average Bonchev–Trinajstić information content (AvgIpc) is 3.55. The van der Waals surface area contributed by atoms with E-state index >= 15 is 0 Å². The Balaban J connectivity index is 1.69. The molecule has 4 aromatic rings. The Bertz CT molecular complexity index is 1320. The van der Waals surface area contributed by atoms with Gasteiger partial charge in [0.1, 0.15) is 5.75 Å². The average molecular weight is 496 g/mol. The number of methoxy groups -OCH3 is 2. The lowest BCUT2D eigenvalue weighted by molar-refractivity contribution is 0.0744. The number of hydrogen-bond donors (Lipinski definition) is 0. The van der Waals surface area contributed by atoms with Gasteiger partial charge in [-0.2, -0.15) is 9.61 Å². The van der Waals surface area contributed by atoms with Crippen molar-refractivity contribution in [3.63, 3.8) is 0 Å². The van der Waals surface area contributed by atoms with E-state index in [4.69, 9.17) is 19.3 Å². The number of hydrogen-bond acceptors (Lipinski definition) is 8. The van der Waals surface area contributed by atoms with Crippen molar-refractivity contribution in [3.05, 3.63) is 52.2 Å². The van der Waals surface area contributed by atoms with E-state index in [2.05, 4.69) is 61.1 Å². The molecular weight excluding hydrogens is 462 g/mol. The molecule has 0 aliphatic rings. The van der Waals surface area contributed by atoms with Crippen LogP contribution in [0.5, 0.6) is 5.75 Å². The van der Waals surface area contributed by atoms with Crippen molar-refractivity contribution in [2.45, 2.75) is 26.2 Å². The van der Waals surface area contributed by atoms with Crippen LogP contribution in [0.25, 0.3) is 23.1 Å². The zero-order chi connectivity index (χ0) is 25.0. The number of rotatable bonds is 10. The van der Waals surface area contributed by atoms with Crippen molar-refractivity contribution in [1.82, 2.24) is 19.8 Å². The van der Waals surface area contributed by atoms with Crippen molar-refractivity contribution >= 4 is 28.1 Å². The number of aromatic nitrogens is 4. The van der Waals surface area contributed by atoms with Crippen LogP contribution in [0.4, 0.5) is 5.00 Å². The fraction of sp³-hybridized carbons (Fsp3) is 0.423. The third-order valence-corrected chi connectivity index (χ3v) is 6.82. The Hall–Kier alpha value is -3.01. The molecule has 186 valence electrons. The lowest BCUT2D eigenvalue weighted by atomic mass is 9.91. The number of anilines is 1. The highest BCUT2D eigenvalue weighted by Crippen LogP contribution is 2.30. The summed E-state index contributed by atoms with van der Waals surface area (Å²) in [5.41, 5.74) is 2.42. The molecule has 0 saturated carbocycles. The largest absolute Gasteiger partial charge is 0.496 e. The van der Waals surface area contributed by atoms with Crippen LogP contribution in [0.15, 0.2) is 36.4 Å². The molecule has 0 radical (unpaired) electrons. The molecule has 0 bridgehead atoms. The second kappa shape index (κ2) is 10.7. The molecule has 0 saturated heterocycles. The molecule has 35 heavy (non-hydrogen) atoms. The summed E-state index contributed by atoms with van der Waals surface area (Å²) in [5.74, 6) is 1.41. The first-order chi connectivity index (χ1) is 16.8. The normalized spacial score (nSPS) is 12.6. The number of benzene rings is 1. The van der Waals surface area contributed by atoms with Gasteiger partial charge in [-0.3, -0.25) is 0 Å². The molecule has 0 atom stereocenters. The van der Waals surface area contributed by atoms with Gasteiger partial charge in [0.05, 0.1) is 43.2 Å². The molecule has 0 N–H and O–H groups in total. The van der Waals surface area contributed by atoms with Gasteiger partial charge in [-0.1, -0.05) is 32.9 Å². The molecule has 4 rings (SSSR count). The highest BCUT2D eigenvalue weighted by molar-refractivity contribution is 7.16. The monoisotopic (exact) mass is 495 g/mol. The summed E-state index contributed by atoms with van der Waals surface area (Å²) in [7, 11) is 5.42. The number of thiophene rings is 1. The second-order valence-electron chi connectivity index (χ2n) is 9.32. The van der Waals surface area contributed by atoms with E-state index in [0.29, 0.717) is 25.6 Å². The Labute approximate surface area is 210 Å². The molecule has 1 aromatic carbocycles. The van der Waals surface area contributed by atoms with E-state index in [0.717, 1.165) is 39.3 Å². The maximum absolute atomic E-state index is 5.61. The second-order valence-corrected chi connectivity index (χ2v) is 10.4. The van der Waals surface area contributed by atoms with Crippen LogP contribution in [0.1, 0.15) is 31.3 Å². The summed E-state index contributed by atoms with van der Waals surface area (Å²) in [5, 5.41) is 16.1. The molecule has 0 unspecified atom stereocenters. The van der Waals surface area contributed by atoms with Gasteiger partial charge in [0.2, 0.25) is 0 Å². The van der Waals surface area contributed by atoms with Crippen molar-refractivity contribution in [1.29, 1.82) is 0 Å². The van der Waals surface area contributed by atoms with Gasteiger partial charge >= 0.3 is 0 Å². The molecule has 9 heteroatoms. The highest BCUT2D eigenvalue weighted by Gasteiger charge is 2.25. The third kappa shape index (κ3) is 5.47. The van der Waals surface area contributed by atoms with Crippen LogP contribution in [-0.2, 0) is 14.9 Å². The van der Waals surface area contributed by atoms with Crippen LogP contribution < -0.4 is 14.9 Å². The first kappa shape index (κ1) is 25.1. The van der Waals surface area contributed by atoms with E-state index in [1.807, 2.05) is 28.8 Å². The van der Waals surface area contributed by atoms with Crippen molar-refractivity contribution < 1.29 is 14.2 Å². The van der Waals surface area contributed by atoms with Gasteiger partial charge in [0.25, 0.3) is 0 Å². The summed E-state index contributed by atoms with van der Waals surface area (Å²) in [6, 6.07) is 12.1. The summed E-state index contributed by atoms with van der Waals surface area (Å²) in [6.45, 7) is 9.19. The molecule has 0 spiro atoms. The van der Waals surface area contributed by atoms with E-state index in [-0.39, 0.29) is 5.41 Å². The number of para-hydroxylation sites is 1. The Morgan fingerprint density at radius 1 is 1.03 bits per heavy atom. The summed E-state index contributed by atoms with van der Waals surface area (Å²) in [4.78, 5) is 3.34. The minimum atomic E-state index is -0.166. The van der Waals surface area contributed by atoms with Crippen LogP contribution in [0, 0.1) is 0 Å². The summed E-state index contributed by atoms with van der Waals surface area (Å²) >= 11 is 1.73. The number of nitrogens with zero attached hydrogens (tertiary/aromatic N) is 5. The Morgan fingerprint density at radius 2 is 1.83 bits per heavy atom. The van der Waals surface area contributed by atoms with Crippen molar-refractivity contribution in [2.75, 3.05) is 52.5 Å². The van der Waals surface area contributed by atoms with Gasteiger partial charge in [-0.25, -0.2) is 0 Å². The number of likely N-dealkylation sites (N-methyl/N-ethyl adjacent to an activating group) is 1. The van der Waals surface area contributed by atoms with Gasteiger partial charge < -0.3 is 19.1 Å². The highest BCUT2D eigenvalue weighted by atomic mass is 32.1. The Morgan fingerprint density at radius 3 is 2.57 bits per heavy atom. The topological polar surface area (TPSA) is 74.0 Å². The lowest BCUT2D eigenvalue weighted by Gasteiger charge is -2.16. The van der Waals surface area contributed by atoms with Gasteiger partial charge in [-0.05, 0) is 30.3 Å². The fourth-order valence-electron chi connectivity index (χ4n) is 3.81. The molecule has 3 aromatic heterocycles. The van der Waals surface area contributed by atoms with Crippen LogP contribution in [0.3, 0.4) is 0 Å². The van der Waals surface area contributed by atoms with Crippen molar-refractivity contribution in [3.8, 4) is 17.1 Å². The van der Waals surface area contributed by atoms with E-state index < -0.39 is 0 Å². The van der Waals surface area contributed by atoms with Crippen molar-refractivity contribution in [2.24, 2.45) is 0 Å². The summed E-state index contributed by atoms with van der Waals surface area (Å²) in [6.07, 6.45) is 2.17. The van der Waals surface area contributed by atoms with E-state index in [1.165, 1.54) is 5.00 Å². The predicted molar refractivity (Wildman–Crippen MR) is 141 cm³/mol. The molecule has 0 amide bonds. The van der Waals surface area contributed by atoms with E-state index in [9.17, 15) is 0 Å². The minimum Gasteiger partial charge on any atom is -0.496 e. The van der Waals surface area contributed by atoms with Crippen LogP contribution >= 0.6 is 11.3 Å². The first-order valence-electron chi connectivity index (χ1n) is 11.6.